The predicted octanol–water partition coefficient (Wildman–Crippen LogP) is 6.34. The number of nitrogens with zero attached hydrogens (tertiary/aromatic N) is 2. The lowest BCUT2D eigenvalue weighted by atomic mass is 9.89. The van der Waals surface area contributed by atoms with Crippen molar-refractivity contribution in [2.24, 2.45) is 11.8 Å². The minimum absolute atomic E-state index is 0.192. The maximum Gasteiger partial charge on any atom is 0.123 e. The van der Waals surface area contributed by atoms with Gasteiger partial charge in [-0.25, -0.2) is 4.39 Å². The molecule has 0 aliphatic carbocycles. The van der Waals surface area contributed by atoms with Gasteiger partial charge in [0.05, 0.1) is 6.61 Å². The van der Waals surface area contributed by atoms with E-state index in [0.29, 0.717) is 24.4 Å². The average molecular weight is 493 g/mol. The van der Waals surface area contributed by atoms with Gasteiger partial charge in [-0.05, 0) is 95.9 Å². The van der Waals surface area contributed by atoms with Crippen molar-refractivity contribution < 1.29 is 9.13 Å². The summed E-state index contributed by atoms with van der Waals surface area (Å²) in [5.74, 6) is 1.74. The molecule has 0 saturated carbocycles. The first kappa shape index (κ1) is 24.6. The number of aryl methyl sites for hydroxylation is 1. The lowest BCUT2D eigenvalue weighted by Crippen LogP contribution is -2.39. The number of halogens is 1. The Morgan fingerprint density at radius 2 is 1.77 bits per heavy atom. The molecule has 35 heavy (non-hydrogen) atoms. The van der Waals surface area contributed by atoms with Crippen LogP contribution in [0.5, 0.6) is 0 Å². The minimum Gasteiger partial charge on any atom is -0.376 e. The second-order valence-corrected chi connectivity index (χ2v) is 11.2. The van der Waals surface area contributed by atoms with E-state index in [1.54, 1.807) is 0 Å². The van der Waals surface area contributed by atoms with Crippen LogP contribution in [0, 0.1) is 24.6 Å². The Bertz CT molecular complexity index is 1050. The van der Waals surface area contributed by atoms with Crippen LogP contribution in [-0.2, 0) is 17.9 Å². The second-order valence-electron chi connectivity index (χ2n) is 10.4. The Hall–Kier alpha value is -2.05. The van der Waals surface area contributed by atoms with Crippen LogP contribution in [0.2, 0.25) is 0 Å². The van der Waals surface area contributed by atoms with E-state index in [0.717, 1.165) is 38.3 Å². The summed E-state index contributed by atoms with van der Waals surface area (Å²) in [5, 5.41) is 4.59. The van der Waals surface area contributed by atoms with Gasteiger partial charge in [0, 0.05) is 38.7 Å². The van der Waals surface area contributed by atoms with Crippen LogP contribution in [-0.4, -0.2) is 49.1 Å². The molecule has 3 aromatic rings. The van der Waals surface area contributed by atoms with Gasteiger partial charge in [-0.3, -0.25) is 4.90 Å². The summed E-state index contributed by atoms with van der Waals surface area (Å²) in [6.07, 6.45) is 2.40. The zero-order valence-corrected chi connectivity index (χ0v) is 21.6. The second kappa shape index (κ2) is 11.8. The largest absolute Gasteiger partial charge is 0.376 e. The van der Waals surface area contributed by atoms with Crippen molar-refractivity contribution >= 4 is 11.3 Å². The Kier molecular flexibility index (Phi) is 8.30. The lowest BCUT2D eigenvalue weighted by molar-refractivity contribution is 0.0542. The number of likely N-dealkylation sites (tertiary alicyclic amines) is 2. The van der Waals surface area contributed by atoms with Crippen LogP contribution >= 0.6 is 11.3 Å². The van der Waals surface area contributed by atoms with Crippen LogP contribution in [0.25, 0.3) is 0 Å². The van der Waals surface area contributed by atoms with Crippen molar-refractivity contribution in [1.82, 2.24) is 9.80 Å². The van der Waals surface area contributed by atoms with Crippen LogP contribution in [0.1, 0.15) is 41.0 Å². The number of piperidine rings is 1. The van der Waals surface area contributed by atoms with Crippen molar-refractivity contribution in [1.29, 1.82) is 0 Å². The lowest BCUT2D eigenvalue weighted by Gasteiger charge is -2.34. The third kappa shape index (κ3) is 6.59. The number of hydrogen-bond donors (Lipinski definition) is 0. The van der Waals surface area contributed by atoms with E-state index in [4.69, 9.17) is 4.74 Å². The third-order valence-electron chi connectivity index (χ3n) is 7.88. The summed E-state index contributed by atoms with van der Waals surface area (Å²) in [7, 11) is 0. The first-order valence-corrected chi connectivity index (χ1v) is 13.9. The molecule has 2 aliphatic heterocycles. The maximum absolute atomic E-state index is 13.1. The smallest absolute Gasteiger partial charge is 0.123 e. The predicted molar refractivity (Wildman–Crippen MR) is 142 cm³/mol. The molecule has 2 aromatic carbocycles. The van der Waals surface area contributed by atoms with E-state index in [1.165, 1.54) is 54.8 Å². The zero-order valence-electron chi connectivity index (χ0n) is 20.7. The van der Waals surface area contributed by atoms with E-state index in [1.807, 2.05) is 23.5 Å². The molecule has 186 valence electrons. The normalized spacial score (nSPS) is 22.1. The van der Waals surface area contributed by atoms with Gasteiger partial charge in [0.15, 0.2) is 0 Å². The van der Waals surface area contributed by atoms with Gasteiger partial charge in [-0.1, -0.05) is 36.4 Å². The molecule has 2 aliphatic rings. The molecule has 2 unspecified atom stereocenters. The molecule has 5 heteroatoms. The highest BCUT2D eigenvalue weighted by atomic mass is 32.1. The van der Waals surface area contributed by atoms with E-state index < -0.39 is 0 Å². The van der Waals surface area contributed by atoms with Crippen LogP contribution in [0.15, 0.2) is 65.4 Å². The van der Waals surface area contributed by atoms with E-state index >= 15 is 0 Å². The summed E-state index contributed by atoms with van der Waals surface area (Å²) in [6, 6.07) is 17.8. The van der Waals surface area contributed by atoms with Crippen molar-refractivity contribution in [2.75, 3.05) is 39.3 Å². The van der Waals surface area contributed by atoms with Crippen LogP contribution in [0.3, 0.4) is 0 Å². The maximum atomic E-state index is 13.1. The first-order chi connectivity index (χ1) is 17.1. The number of benzene rings is 2. The summed E-state index contributed by atoms with van der Waals surface area (Å²) in [6.45, 7) is 10.5. The average Bonchev–Trinajstić information content (AvgIpc) is 3.53. The molecule has 3 heterocycles. The molecule has 0 radical (unpaired) electrons. The molecule has 2 saturated heterocycles. The molecule has 2 fully saturated rings. The molecule has 3 nitrogen and oxygen atoms in total. The molecule has 0 spiro atoms. The Labute approximate surface area is 213 Å². The molecule has 0 amide bonds. The molecular formula is C30H37FN2OS. The summed E-state index contributed by atoms with van der Waals surface area (Å²) >= 11 is 1.82. The standard InChI is InChI=1S/C30H37FN2OS/c1-23-4-2-3-5-26(23)16-33-18-28(30(19-33)27-12-15-35-22-27)17-32-13-10-25(11-14-32)21-34-20-24-6-8-29(31)9-7-24/h2-9,12,15,22,25,28,30H,10-11,13-14,16-21H2,1H3. The highest BCUT2D eigenvalue weighted by molar-refractivity contribution is 7.08. The topological polar surface area (TPSA) is 15.7 Å². The van der Waals surface area contributed by atoms with Gasteiger partial charge in [0.1, 0.15) is 5.82 Å². The number of thiophene rings is 1. The van der Waals surface area contributed by atoms with Gasteiger partial charge >= 0.3 is 0 Å². The van der Waals surface area contributed by atoms with Crippen LogP contribution in [0.4, 0.5) is 4.39 Å². The summed E-state index contributed by atoms with van der Waals surface area (Å²) in [4.78, 5) is 5.36. The highest BCUT2D eigenvalue weighted by Gasteiger charge is 2.35. The Morgan fingerprint density at radius 1 is 0.971 bits per heavy atom. The van der Waals surface area contributed by atoms with Crippen molar-refractivity contribution in [3.8, 4) is 0 Å². The van der Waals surface area contributed by atoms with Crippen molar-refractivity contribution in [3.05, 3.63) is 93.4 Å². The summed E-state index contributed by atoms with van der Waals surface area (Å²) in [5.41, 5.74) is 5.42. The fraction of sp³-hybridized carbons (Fsp3) is 0.467. The van der Waals surface area contributed by atoms with Gasteiger partial charge in [-0.2, -0.15) is 11.3 Å². The SMILES string of the molecule is Cc1ccccc1CN1CC(CN2CCC(COCc3ccc(F)cc3)CC2)C(c2ccsc2)C1. The van der Waals surface area contributed by atoms with Crippen molar-refractivity contribution in [3.63, 3.8) is 0 Å². The minimum atomic E-state index is -0.192. The van der Waals surface area contributed by atoms with Crippen LogP contribution < -0.4 is 0 Å². The Morgan fingerprint density at radius 3 is 2.51 bits per heavy atom. The van der Waals surface area contributed by atoms with Gasteiger partial charge in [-0.15, -0.1) is 0 Å². The molecular weight excluding hydrogens is 455 g/mol. The fourth-order valence-electron chi connectivity index (χ4n) is 5.76. The van der Waals surface area contributed by atoms with Gasteiger partial charge in [0.2, 0.25) is 0 Å². The highest BCUT2D eigenvalue weighted by Crippen LogP contribution is 2.36. The first-order valence-electron chi connectivity index (χ1n) is 13.0. The third-order valence-corrected chi connectivity index (χ3v) is 8.58. The number of rotatable bonds is 9. The van der Waals surface area contributed by atoms with Gasteiger partial charge < -0.3 is 9.64 Å². The zero-order chi connectivity index (χ0) is 24.0. The number of ether oxygens (including phenoxy) is 1. The monoisotopic (exact) mass is 492 g/mol. The van der Waals surface area contributed by atoms with E-state index in [9.17, 15) is 4.39 Å². The number of hydrogen-bond acceptors (Lipinski definition) is 4. The Balaban J connectivity index is 1.11. The molecule has 0 bridgehead atoms. The molecule has 5 rings (SSSR count). The molecule has 2 atom stereocenters. The van der Waals surface area contributed by atoms with Gasteiger partial charge in [0.25, 0.3) is 0 Å². The quantitative estimate of drug-likeness (QED) is 0.347. The fourth-order valence-corrected chi connectivity index (χ4v) is 6.48. The van der Waals surface area contributed by atoms with E-state index in [-0.39, 0.29) is 5.82 Å². The molecule has 1 aromatic heterocycles. The molecule has 0 N–H and O–H groups in total. The summed E-state index contributed by atoms with van der Waals surface area (Å²) < 4.78 is 19.0. The van der Waals surface area contributed by atoms with Crippen molar-refractivity contribution in [2.45, 2.75) is 38.8 Å². The van der Waals surface area contributed by atoms with E-state index in [2.05, 4.69) is 57.8 Å².